The summed E-state index contributed by atoms with van der Waals surface area (Å²) in [5.74, 6) is 0.0556. The number of nitrogens with one attached hydrogen (secondary N) is 2. The van der Waals surface area contributed by atoms with Gasteiger partial charge in [-0.15, -0.1) is 0 Å². The Bertz CT molecular complexity index is 567. The van der Waals surface area contributed by atoms with Crippen LogP contribution in [-0.2, 0) is 21.1 Å². The zero-order valence-corrected chi connectivity index (χ0v) is 12.4. The van der Waals surface area contributed by atoms with Gasteiger partial charge in [-0.25, -0.2) is 8.42 Å². The lowest BCUT2D eigenvalue weighted by molar-refractivity contribution is -0.119. The largest absolute Gasteiger partial charge is 0.376 e. The van der Waals surface area contributed by atoms with E-state index in [1.807, 2.05) is 24.3 Å². The summed E-state index contributed by atoms with van der Waals surface area (Å²) in [7, 11) is -2.95. The van der Waals surface area contributed by atoms with E-state index in [1.165, 1.54) is 5.56 Å². The Balaban J connectivity index is 1.77. The third-order valence-electron chi connectivity index (χ3n) is 3.41. The standard InChI is InChI=1S/C14H20N2O3S/c1-2-11-3-5-12(6-4-11)15-9-14(17)16-13-7-8-20(18,19)10-13/h3-6,13,15H,2,7-10H2,1H3,(H,16,17)/t13-/m1/s1. The Morgan fingerprint density at radius 1 is 1.30 bits per heavy atom. The maximum atomic E-state index is 11.7. The zero-order valence-electron chi connectivity index (χ0n) is 11.6. The van der Waals surface area contributed by atoms with Crippen LogP contribution in [0.5, 0.6) is 0 Å². The van der Waals surface area contributed by atoms with Crippen LogP contribution < -0.4 is 10.6 Å². The predicted molar refractivity (Wildman–Crippen MR) is 79.5 cm³/mol. The molecule has 5 nitrogen and oxygen atoms in total. The first kappa shape index (κ1) is 14.8. The first-order valence-electron chi connectivity index (χ1n) is 6.81. The molecule has 110 valence electrons. The molecule has 0 spiro atoms. The highest BCUT2D eigenvalue weighted by Crippen LogP contribution is 2.12. The van der Waals surface area contributed by atoms with Crippen LogP contribution in [0.25, 0.3) is 0 Å². The fourth-order valence-corrected chi connectivity index (χ4v) is 3.90. The molecule has 1 saturated heterocycles. The number of anilines is 1. The molecule has 1 heterocycles. The van der Waals surface area contributed by atoms with Gasteiger partial charge in [-0.1, -0.05) is 19.1 Å². The minimum absolute atomic E-state index is 0.0595. The lowest BCUT2D eigenvalue weighted by Gasteiger charge is -2.12. The number of carbonyl (C=O) groups excluding carboxylic acids is 1. The van der Waals surface area contributed by atoms with Crippen molar-refractivity contribution in [3.63, 3.8) is 0 Å². The van der Waals surface area contributed by atoms with Crippen molar-refractivity contribution < 1.29 is 13.2 Å². The summed E-state index contributed by atoms with van der Waals surface area (Å²) in [5.41, 5.74) is 2.13. The number of hydrogen-bond acceptors (Lipinski definition) is 4. The first-order chi connectivity index (χ1) is 9.48. The molecule has 1 aliphatic heterocycles. The molecule has 1 fully saturated rings. The quantitative estimate of drug-likeness (QED) is 0.849. The van der Waals surface area contributed by atoms with Crippen LogP contribution in [0, 0.1) is 0 Å². The maximum Gasteiger partial charge on any atom is 0.239 e. The maximum absolute atomic E-state index is 11.7. The SMILES string of the molecule is CCc1ccc(NCC(=O)N[C@@H]2CCS(=O)(=O)C2)cc1. The summed E-state index contributed by atoms with van der Waals surface area (Å²) in [5, 5.41) is 5.78. The van der Waals surface area contributed by atoms with Gasteiger partial charge in [-0.3, -0.25) is 4.79 Å². The molecule has 0 saturated carbocycles. The van der Waals surface area contributed by atoms with Crippen molar-refractivity contribution in [2.45, 2.75) is 25.8 Å². The van der Waals surface area contributed by atoms with Crippen molar-refractivity contribution in [1.82, 2.24) is 5.32 Å². The van der Waals surface area contributed by atoms with Gasteiger partial charge in [0, 0.05) is 11.7 Å². The van der Waals surface area contributed by atoms with Crippen LogP contribution in [0.4, 0.5) is 5.69 Å². The van der Waals surface area contributed by atoms with E-state index in [1.54, 1.807) is 0 Å². The Labute approximate surface area is 119 Å². The zero-order chi connectivity index (χ0) is 14.6. The summed E-state index contributed by atoms with van der Waals surface area (Å²) in [6.45, 7) is 2.24. The summed E-state index contributed by atoms with van der Waals surface area (Å²) < 4.78 is 22.6. The van der Waals surface area contributed by atoms with E-state index in [4.69, 9.17) is 0 Å². The minimum atomic E-state index is -2.95. The average Bonchev–Trinajstić information content (AvgIpc) is 2.76. The van der Waals surface area contributed by atoms with E-state index in [-0.39, 0.29) is 30.0 Å². The monoisotopic (exact) mass is 296 g/mol. The molecule has 0 unspecified atom stereocenters. The van der Waals surface area contributed by atoms with Crippen LogP contribution in [0.15, 0.2) is 24.3 Å². The summed E-state index contributed by atoms with van der Waals surface area (Å²) >= 11 is 0. The lowest BCUT2D eigenvalue weighted by atomic mass is 10.1. The van der Waals surface area contributed by atoms with Gasteiger partial charge in [-0.05, 0) is 30.5 Å². The highest BCUT2D eigenvalue weighted by molar-refractivity contribution is 7.91. The number of carbonyl (C=O) groups is 1. The molecule has 20 heavy (non-hydrogen) atoms. The molecular weight excluding hydrogens is 276 g/mol. The van der Waals surface area contributed by atoms with Crippen molar-refractivity contribution in [1.29, 1.82) is 0 Å². The van der Waals surface area contributed by atoms with E-state index in [0.29, 0.717) is 6.42 Å². The normalized spacial score (nSPS) is 20.6. The predicted octanol–water partition coefficient (Wildman–Crippen LogP) is 0.964. The Hall–Kier alpha value is -1.56. The molecule has 1 aromatic rings. The third kappa shape index (κ3) is 4.23. The fraction of sp³-hybridized carbons (Fsp3) is 0.500. The Morgan fingerprint density at radius 2 is 2.00 bits per heavy atom. The van der Waals surface area contributed by atoms with Crippen molar-refractivity contribution in [3.8, 4) is 0 Å². The number of benzene rings is 1. The van der Waals surface area contributed by atoms with E-state index >= 15 is 0 Å². The second kappa shape index (κ2) is 6.26. The van der Waals surface area contributed by atoms with Crippen LogP contribution in [0.2, 0.25) is 0 Å². The number of amides is 1. The Kier molecular flexibility index (Phi) is 4.65. The highest BCUT2D eigenvalue weighted by atomic mass is 32.2. The number of rotatable bonds is 5. The van der Waals surface area contributed by atoms with E-state index < -0.39 is 9.84 Å². The van der Waals surface area contributed by atoms with Gasteiger partial charge < -0.3 is 10.6 Å². The molecule has 1 amide bonds. The molecule has 1 aliphatic rings. The molecule has 0 aliphatic carbocycles. The van der Waals surface area contributed by atoms with Gasteiger partial charge in [0.2, 0.25) is 5.91 Å². The molecule has 1 aromatic carbocycles. The number of sulfone groups is 1. The van der Waals surface area contributed by atoms with Crippen LogP contribution in [0.3, 0.4) is 0 Å². The smallest absolute Gasteiger partial charge is 0.239 e. The Morgan fingerprint density at radius 3 is 2.55 bits per heavy atom. The highest BCUT2D eigenvalue weighted by Gasteiger charge is 2.28. The average molecular weight is 296 g/mol. The molecule has 2 N–H and O–H groups in total. The van der Waals surface area contributed by atoms with Crippen LogP contribution >= 0.6 is 0 Å². The fourth-order valence-electron chi connectivity index (χ4n) is 2.23. The first-order valence-corrected chi connectivity index (χ1v) is 8.63. The molecule has 0 radical (unpaired) electrons. The summed E-state index contributed by atoms with van der Waals surface area (Å²) in [6, 6.07) is 7.67. The van der Waals surface area contributed by atoms with Gasteiger partial charge in [0.1, 0.15) is 0 Å². The van der Waals surface area contributed by atoms with Crippen molar-refractivity contribution in [2.24, 2.45) is 0 Å². The van der Waals surface area contributed by atoms with Gasteiger partial charge in [0.25, 0.3) is 0 Å². The number of aryl methyl sites for hydroxylation is 1. The number of hydrogen-bond donors (Lipinski definition) is 2. The molecule has 2 rings (SSSR count). The van der Waals surface area contributed by atoms with E-state index in [2.05, 4.69) is 17.6 Å². The minimum Gasteiger partial charge on any atom is -0.376 e. The van der Waals surface area contributed by atoms with Crippen molar-refractivity contribution in [3.05, 3.63) is 29.8 Å². The summed E-state index contributed by atoms with van der Waals surface area (Å²) in [4.78, 5) is 11.7. The van der Waals surface area contributed by atoms with Crippen molar-refractivity contribution in [2.75, 3.05) is 23.4 Å². The van der Waals surface area contributed by atoms with Crippen LogP contribution in [-0.4, -0.2) is 38.4 Å². The molecule has 1 atom stereocenters. The molecule has 6 heteroatoms. The molecule has 0 aromatic heterocycles. The topological polar surface area (TPSA) is 75.3 Å². The van der Waals surface area contributed by atoms with Crippen LogP contribution in [0.1, 0.15) is 18.9 Å². The van der Waals surface area contributed by atoms with Gasteiger partial charge >= 0.3 is 0 Å². The van der Waals surface area contributed by atoms with E-state index in [9.17, 15) is 13.2 Å². The van der Waals surface area contributed by atoms with E-state index in [0.717, 1.165) is 12.1 Å². The second-order valence-corrected chi connectivity index (χ2v) is 7.30. The third-order valence-corrected chi connectivity index (χ3v) is 5.18. The molecule has 0 bridgehead atoms. The summed E-state index contributed by atoms with van der Waals surface area (Å²) in [6.07, 6.45) is 1.50. The van der Waals surface area contributed by atoms with Gasteiger partial charge in [-0.2, -0.15) is 0 Å². The van der Waals surface area contributed by atoms with Gasteiger partial charge in [0.05, 0.1) is 18.1 Å². The van der Waals surface area contributed by atoms with Gasteiger partial charge in [0.15, 0.2) is 9.84 Å². The van der Waals surface area contributed by atoms with Crippen molar-refractivity contribution >= 4 is 21.4 Å². The lowest BCUT2D eigenvalue weighted by Crippen LogP contribution is -2.39. The molecular formula is C14H20N2O3S. The second-order valence-electron chi connectivity index (χ2n) is 5.07.